The van der Waals surface area contributed by atoms with Crippen LogP contribution in [-0.4, -0.2) is 41.2 Å². The van der Waals surface area contributed by atoms with Gasteiger partial charge in [0.1, 0.15) is 6.04 Å². The molecule has 0 aromatic rings. The van der Waals surface area contributed by atoms with Crippen LogP contribution in [0.4, 0.5) is 13.2 Å². The molecule has 0 bridgehead atoms. The second-order valence-corrected chi connectivity index (χ2v) is 6.21. The number of carboxylic acid groups (broad SMARTS) is 1. The van der Waals surface area contributed by atoms with Gasteiger partial charge >= 0.3 is 12.1 Å². The van der Waals surface area contributed by atoms with Gasteiger partial charge in [0.2, 0.25) is 5.91 Å². The van der Waals surface area contributed by atoms with E-state index in [0.29, 0.717) is 18.6 Å². The SMILES string of the molecule is CSCCC(NC(=O)C1CCCCC1C(F)(F)F)C(=O)O. The molecule has 122 valence electrons. The lowest BCUT2D eigenvalue weighted by Gasteiger charge is -2.32. The summed E-state index contributed by atoms with van der Waals surface area (Å²) in [4.78, 5) is 23.1. The highest BCUT2D eigenvalue weighted by Crippen LogP contribution is 2.41. The van der Waals surface area contributed by atoms with Crippen molar-refractivity contribution >= 4 is 23.6 Å². The molecule has 1 rings (SSSR count). The fraction of sp³-hybridized carbons (Fsp3) is 0.846. The van der Waals surface area contributed by atoms with Crippen molar-refractivity contribution in [1.82, 2.24) is 5.32 Å². The number of carbonyl (C=O) groups excluding carboxylic acids is 1. The number of hydrogen-bond donors (Lipinski definition) is 2. The first-order valence-corrected chi connectivity index (χ1v) is 8.25. The standard InChI is InChI=1S/C13H20F3NO3S/c1-21-7-6-10(12(19)20)17-11(18)8-4-2-3-5-9(8)13(14,15)16/h8-10H,2-7H2,1H3,(H,17,18)(H,19,20). The molecule has 0 aromatic heterocycles. The fourth-order valence-electron chi connectivity index (χ4n) is 2.61. The predicted octanol–water partition coefficient (Wildman–Crippen LogP) is 2.68. The lowest BCUT2D eigenvalue weighted by molar-refractivity contribution is -0.198. The van der Waals surface area contributed by atoms with E-state index in [9.17, 15) is 22.8 Å². The Morgan fingerprint density at radius 1 is 1.33 bits per heavy atom. The van der Waals surface area contributed by atoms with Crippen LogP contribution in [0.1, 0.15) is 32.1 Å². The zero-order chi connectivity index (χ0) is 16.0. The van der Waals surface area contributed by atoms with Crippen LogP contribution in [0.25, 0.3) is 0 Å². The Hall–Kier alpha value is -0.920. The molecule has 0 spiro atoms. The molecule has 21 heavy (non-hydrogen) atoms. The number of amides is 1. The molecule has 0 aromatic carbocycles. The van der Waals surface area contributed by atoms with Gasteiger partial charge in [-0.25, -0.2) is 4.79 Å². The van der Waals surface area contributed by atoms with Crippen LogP contribution in [0.5, 0.6) is 0 Å². The molecule has 0 saturated heterocycles. The Bertz CT molecular complexity index is 376. The Morgan fingerprint density at radius 3 is 2.48 bits per heavy atom. The molecular weight excluding hydrogens is 307 g/mol. The number of alkyl halides is 3. The number of aliphatic carboxylic acids is 1. The van der Waals surface area contributed by atoms with Crippen LogP contribution >= 0.6 is 11.8 Å². The van der Waals surface area contributed by atoms with Crippen LogP contribution in [0, 0.1) is 11.8 Å². The van der Waals surface area contributed by atoms with Gasteiger partial charge in [-0.2, -0.15) is 24.9 Å². The summed E-state index contributed by atoms with van der Waals surface area (Å²) in [5.41, 5.74) is 0. The maximum absolute atomic E-state index is 13.0. The van der Waals surface area contributed by atoms with Crippen molar-refractivity contribution in [2.45, 2.75) is 44.3 Å². The van der Waals surface area contributed by atoms with Gasteiger partial charge in [0, 0.05) is 5.92 Å². The van der Waals surface area contributed by atoms with Crippen molar-refractivity contribution in [1.29, 1.82) is 0 Å². The van der Waals surface area contributed by atoms with Crippen molar-refractivity contribution < 1.29 is 27.9 Å². The molecule has 1 fully saturated rings. The number of rotatable bonds is 6. The largest absolute Gasteiger partial charge is 0.480 e. The molecule has 1 aliphatic rings. The summed E-state index contributed by atoms with van der Waals surface area (Å²) in [6, 6.07) is -1.12. The Labute approximate surface area is 125 Å². The first-order chi connectivity index (χ1) is 9.77. The summed E-state index contributed by atoms with van der Waals surface area (Å²) in [5.74, 6) is -4.32. The van der Waals surface area contributed by atoms with E-state index >= 15 is 0 Å². The third-order valence-electron chi connectivity index (χ3n) is 3.75. The fourth-order valence-corrected chi connectivity index (χ4v) is 3.08. The van der Waals surface area contributed by atoms with Crippen LogP contribution in [0.15, 0.2) is 0 Å². The Balaban J connectivity index is 2.72. The molecule has 3 atom stereocenters. The molecule has 4 nitrogen and oxygen atoms in total. The van der Waals surface area contributed by atoms with E-state index in [4.69, 9.17) is 5.11 Å². The van der Waals surface area contributed by atoms with Crippen LogP contribution in [0.3, 0.4) is 0 Å². The summed E-state index contributed by atoms with van der Waals surface area (Å²) >= 11 is 1.42. The van der Waals surface area contributed by atoms with E-state index in [0.717, 1.165) is 0 Å². The Kier molecular flexibility index (Phi) is 6.83. The lowest BCUT2D eigenvalue weighted by Crippen LogP contribution is -2.48. The van der Waals surface area contributed by atoms with Crippen molar-refractivity contribution in [2.75, 3.05) is 12.0 Å². The van der Waals surface area contributed by atoms with Crippen LogP contribution in [-0.2, 0) is 9.59 Å². The highest BCUT2D eigenvalue weighted by atomic mass is 32.2. The van der Waals surface area contributed by atoms with E-state index in [1.165, 1.54) is 11.8 Å². The van der Waals surface area contributed by atoms with Crippen molar-refractivity contribution in [2.24, 2.45) is 11.8 Å². The van der Waals surface area contributed by atoms with Crippen molar-refractivity contribution in [3.05, 3.63) is 0 Å². The van der Waals surface area contributed by atoms with Gasteiger partial charge in [-0.05, 0) is 31.3 Å². The number of carbonyl (C=O) groups is 2. The zero-order valence-electron chi connectivity index (χ0n) is 11.8. The summed E-state index contributed by atoms with van der Waals surface area (Å²) < 4.78 is 38.9. The molecule has 1 amide bonds. The molecule has 0 heterocycles. The van der Waals surface area contributed by atoms with Crippen molar-refractivity contribution in [3.63, 3.8) is 0 Å². The average molecular weight is 327 g/mol. The maximum Gasteiger partial charge on any atom is 0.392 e. The smallest absolute Gasteiger partial charge is 0.392 e. The number of carboxylic acids is 1. The zero-order valence-corrected chi connectivity index (χ0v) is 12.6. The second-order valence-electron chi connectivity index (χ2n) is 5.22. The average Bonchev–Trinajstić information content (AvgIpc) is 2.42. The summed E-state index contributed by atoms with van der Waals surface area (Å²) in [6.07, 6.45) is -1.32. The molecule has 0 aliphatic heterocycles. The molecule has 3 unspecified atom stereocenters. The number of hydrogen-bond acceptors (Lipinski definition) is 3. The topological polar surface area (TPSA) is 66.4 Å². The summed E-state index contributed by atoms with van der Waals surface area (Å²) in [7, 11) is 0. The third-order valence-corrected chi connectivity index (χ3v) is 4.39. The van der Waals surface area contributed by atoms with E-state index < -0.39 is 35.9 Å². The number of nitrogens with one attached hydrogen (secondary N) is 1. The molecular formula is C13H20F3NO3S. The lowest BCUT2D eigenvalue weighted by atomic mass is 9.78. The second kappa shape index (κ2) is 7.91. The maximum atomic E-state index is 13.0. The molecule has 1 saturated carbocycles. The molecule has 2 N–H and O–H groups in total. The van der Waals surface area contributed by atoms with Gasteiger partial charge in [0.05, 0.1) is 5.92 Å². The minimum Gasteiger partial charge on any atom is -0.480 e. The van der Waals surface area contributed by atoms with Gasteiger partial charge in [-0.1, -0.05) is 12.8 Å². The molecule has 1 aliphatic carbocycles. The highest BCUT2D eigenvalue weighted by molar-refractivity contribution is 7.98. The molecule has 0 radical (unpaired) electrons. The van der Waals surface area contributed by atoms with E-state index in [-0.39, 0.29) is 19.3 Å². The number of halogens is 3. The van der Waals surface area contributed by atoms with Gasteiger partial charge in [-0.15, -0.1) is 0 Å². The minimum absolute atomic E-state index is 0.0653. The van der Waals surface area contributed by atoms with Gasteiger partial charge in [0.15, 0.2) is 0 Å². The quantitative estimate of drug-likeness (QED) is 0.787. The third kappa shape index (κ3) is 5.41. The summed E-state index contributed by atoms with van der Waals surface area (Å²) in [6.45, 7) is 0. The van der Waals surface area contributed by atoms with E-state index in [1.807, 2.05) is 0 Å². The molecule has 8 heteroatoms. The van der Waals surface area contributed by atoms with Crippen LogP contribution in [0.2, 0.25) is 0 Å². The predicted molar refractivity (Wildman–Crippen MR) is 74.1 cm³/mol. The van der Waals surface area contributed by atoms with Gasteiger partial charge in [0.25, 0.3) is 0 Å². The van der Waals surface area contributed by atoms with Gasteiger partial charge in [-0.3, -0.25) is 4.79 Å². The minimum atomic E-state index is -4.42. The number of thioether (sulfide) groups is 1. The van der Waals surface area contributed by atoms with E-state index in [2.05, 4.69) is 5.32 Å². The van der Waals surface area contributed by atoms with Crippen molar-refractivity contribution in [3.8, 4) is 0 Å². The summed E-state index contributed by atoms with van der Waals surface area (Å²) in [5, 5.41) is 11.3. The highest BCUT2D eigenvalue weighted by Gasteiger charge is 2.48. The van der Waals surface area contributed by atoms with Gasteiger partial charge < -0.3 is 10.4 Å². The Morgan fingerprint density at radius 2 is 1.95 bits per heavy atom. The normalized spacial score (nSPS) is 24.4. The first-order valence-electron chi connectivity index (χ1n) is 6.86. The van der Waals surface area contributed by atoms with Crippen LogP contribution < -0.4 is 5.32 Å². The first kappa shape index (κ1) is 18.1. The van der Waals surface area contributed by atoms with E-state index in [1.54, 1.807) is 6.26 Å². The monoisotopic (exact) mass is 327 g/mol.